The van der Waals surface area contributed by atoms with E-state index in [-0.39, 0.29) is 30.7 Å². The second-order valence-electron chi connectivity index (χ2n) is 5.97. The summed E-state index contributed by atoms with van der Waals surface area (Å²) in [4.78, 5) is 14.2. The van der Waals surface area contributed by atoms with Crippen molar-refractivity contribution in [3.05, 3.63) is 0 Å². The molecule has 1 fully saturated rings. The summed E-state index contributed by atoms with van der Waals surface area (Å²) in [6.45, 7) is 7.50. The molecule has 1 heterocycles. The molecule has 0 radical (unpaired) electrons. The van der Waals surface area contributed by atoms with Crippen LogP contribution < -0.4 is 11.1 Å². The maximum Gasteiger partial charge on any atom is 0.219 e. The molecule has 0 spiro atoms. The Labute approximate surface area is 148 Å². The SMILES string of the molecule is CCN1CCC(CCNC(=O)CCCCCCN)CC1.Cl.Cl. The maximum absolute atomic E-state index is 11.7. The number of likely N-dealkylation sites (tertiary alicyclic amines) is 1. The van der Waals surface area contributed by atoms with Crippen molar-refractivity contribution in [1.29, 1.82) is 0 Å². The van der Waals surface area contributed by atoms with Gasteiger partial charge in [0, 0.05) is 13.0 Å². The van der Waals surface area contributed by atoms with Gasteiger partial charge in [-0.2, -0.15) is 0 Å². The highest BCUT2D eigenvalue weighted by molar-refractivity contribution is 5.85. The minimum absolute atomic E-state index is 0. The highest BCUT2D eigenvalue weighted by atomic mass is 35.5. The number of amides is 1. The fourth-order valence-electron chi connectivity index (χ4n) is 2.88. The largest absolute Gasteiger partial charge is 0.356 e. The topological polar surface area (TPSA) is 58.4 Å². The predicted molar refractivity (Wildman–Crippen MR) is 99.1 cm³/mol. The Balaban J connectivity index is 0. The lowest BCUT2D eigenvalue weighted by Crippen LogP contribution is -2.35. The second kappa shape index (κ2) is 15.9. The molecule has 1 aliphatic rings. The van der Waals surface area contributed by atoms with Gasteiger partial charge in [-0.05, 0) is 64.2 Å². The summed E-state index contributed by atoms with van der Waals surface area (Å²) in [5, 5.41) is 3.07. The van der Waals surface area contributed by atoms with Crippen molar-refractivity contribution in [1.82, 2.24) is 10.2 Å². The molecule has 1 rings (SSSR count). The van der Waals surface area contributed by atoms with Crippen LogP contribution in [0.15, 0.2) is 0 Å². The van der Waals surface area contributed by atoms with Gasteiger partial charge in [0.25, 0.3) is 0 Å². The molecule has 0 aromatic carbocycles. The van der Waals surface area contributed by atoms with E-state index in [4.69, 9.17) is 5.73 Å². The van der Waals surface area contributed by atoms with Crippen molar-refractivity contribution in [3.63, 3.8) is 0 Å². The number of carbonyl (C=O) groups is 1. The molecule has 6 heteroatoms. The number of halogens is 2. The highest BCUT2D eigenvalue weighted by Gasteiger charge is 2.17. The smallest absolute Gasteiger partial charge is 0.219 e. The van der Waals surface area contributed by atoms with Gasteiger partial charge >= 0.3 is 0 Å². The molecule has 22 heavy (non-hydrogen) atoms. The molecule has 1 saturated heterocycles. The molecular formula is C16H35Cl2N3O. The van der Waals surface area contributed by atoms with E-state index in [1.807, 2.05) is 0 Å². The summed E-state index contributed by atoms with van der Waals surface area (Å²) in [5.74, 6) is 1.03. The van der Waals surface area contributed by atoms with E-state index in [2.05, 4.69) is 17.1 Å². The fourth-order valence-corrected chi connectivity index (χ4v) is 2.88. The monoisotopic (exact) mass is 355 g/mol. The average molecular weight is 356 g/mol. The number of piperidine rings is 1. The first kappa shape index (κ1) is 24.2. The lowest BCUT2D eigenvalue weighted by atomic mass is 9.93. The van der Waals surface area contributed by atoms with Gasteiger partial charge in [0.15, 0.2) is 0 Å². The Morgan fingerprint density at radius 1 is 1.14 bits per heavy atom. The van der Waals surface area contributed by atoms with Gasteiger partial charge in [0.2, 0.25) is 5.91 Å². The summed E-state index contributed by atoms with van der Waals surface area (Å²) in [7, 11) is 0. The molecule has 4 nitrogen and oxygen atoms in total. The van der Waals surface area contributed by atoms with Gasteiger partial charge < -0.3 is 16.0 Å². The number of carbonyl (C=O) groups excluding carboxylic acids is 1. The summed E-state index contributed by atoms with van der Waals surface area (Å²) in [6.07, 6.45) is 8.78. The Kier molecular flexibility index (Phi) is 17.5. The zero-order valence-electron chi connectivity index (χ0n) is 14.0. The van der Waals surface area contributed by atoms with Crippen LogP contribution in [0.1, 0.15) is 58.3 Å². The Hall–Kier alpha value is -0.0300. The molecular weight excluding hydrogens is 321 g/mol. The van der Waals surface area contributed by atoms with E-state index in [0.29, 0.717) is 6.42 Å². The lowest BCUT2D eigenvalue weighted by molar-refractivity contribution is -0.121. The van der Waals surface area contributed by atoms with Gasteiger partial charge in [-0.1, -0.05) is 19.8 Å². The van der Waals surface area contributed by atoms with Crippen molar-refractivity contribution in [2.75, 3.05) is 32.7 Å². The number of nitrogens with one attached hydrogen (secondary N) is 1. The van der Waals surface area contributed by atoms with Crippen LogP contribution in [-0.2, 0) is 4.79 Å². The molecule has 0 aromatic rings. The molecule has 0 atom stereocenters. The zero-order valence-corrected chi connectivity index (χ0v) is 15.7. The number of nitrogens with zero attached hydrogens (tertiary/aromatic N) is 1. The molecule has 134 valence electrons. The summed E-state index contributed by atoms with van der Waals surface area (Å²) in [6, 6.07) is 0. The van der Waals surface area contributed by atoms with Gasteiger partial charge in [-0.15, -0.1) is 24.8 Å². The quantitative estimate of drug-likeness (QED) is 0.592. The van der Waals surface area contributed by atoms with Gasteiger partial charge in [-0.25, -0.2) is 0 Å². The molecule has 0 unspecified atom stereocenters. The minimum Gasteiger partial charge on any atom is -0.356 e. The van der Waals surface area contributed by atoms with Crippen LogP contribution in [0.25, 0.3) is 0 Å². The van der Waals surface area contributed by atoms with Crippen LogP contribution in [0.2, 0.25) is 0 Å². The molecule has 1 aliphatic heterocycles. The van der Waals surface area contributed by atoms with E-state index in [1.165, 1.54) is 32.5 Å². The zero-order chi connectivity index (χ0) is 14.6. The Bertz CT molecular complexity index is 260. The maximum atomic E-state index is 11.7. The number of hydrogen-bond acceptors (Lipinski definition) is 3. The van der Waals surface area contributed by atoms with E-state index >= 15 is 0 Å². The van der Waals surface area contributed by atoms with E-state index in [9.17, 15) is 4.79 Å². The minimum atomic E-state index is 0. The van der Waals surface area contributed by atoms with Crippen LogP contribution in [0.3, 0.4) is 0 Å². The number of nitrogens with two attached hydrogens (primary N) is 1. The first-order chi connectivity index (χ1) is 9.76. The van der Waals surface area contributed by atoms with Gasteiger partial charge in [0.1, 0.15) is 0 Å². The molecule has 0 aliphatic carbocycles. The van der Waals surface area contributed by atoms with Crippen LogP contribution >= 0.6 is 24.8 Å². The molecule has 0 bridgehead atoms. The van der Waals surface area contributed by atoms with Crippen molar-refractivity contribution in [3.8, 4) is 0 Å². The number of unbranched alkanes of at least 4 members (excludes halogenated alkanes) is 3. The van der Waals surface area contributed by atoms with Crippen LogP contribution in [0.4, 0.5) is 0 Å². The van der Waals surface area contributed by atoms with Gasteiger partial charge in [0.05, 0.1) is 0 Å². The average Bonchev–Trinajstić information content (AvgIpc) is 2.48. The molecule has 0 aromatic heterocycles. The summed E-state index contributed by atoms with van der Waals surface area (Å²) < 4.78 is 0. The third kappa shape index (κ3) is 11.5. The number of rotatable bonds is 10. The third-order valence-electron chi connectivity index (χ3n) is 4.39. The Morgan fingerprint density at radius 2 is 1.77 bits per heavy atom. The third-order valence-corrected chi connectivity index (χ3v) is 4.39. The lowest BCUT2D eigenvalue weighted by Gasteiger charge is -2.31. The van der Waals surface area contributed by atoms with Crippen molar-refractivity contribution >= 4 is 30.7 Å². The fraction of sp³-hybridized carbons (Fsp3) is 0.938. The molecule has 0 saturated carbocycles. The van der Waals surface area contributed by atoms with Crippen molar-refractivity contribution in [2.24, 2.45) is 11.7 Å². The normalized spacial score (nSPS) is 15.7. The van der Waals surface area contributed by atoms with E-state index < -0.39 is 0 Å². The van der Waals surface area contributed by atoms with Crippen molar-refractivity contribution in [2.45, 2.75) is 58.3 Å². The van der Waals surface area contributed by atoms with Crippen LogP contribution in [0.5, 0.6) is 0 Å². The van der Waals surface area contributed by atoms with E-state index in [0.717, 1.165) is 51.1 Å². The van der Waals surface area contributed by atoms with Crippen LogP contribution in [0, 0.1) is 5.92 Å². The second-order valence-corrected chi connectivity index (χ2v) is 5.97. The van der Waals surface area contributed by atoms with Gasteiger partial charge in [-0.3, -0.25) is 4.79 Å². The van der Waals surface area contributed by atoms with Crippen molar-refractivity contribution < 1.29 is 4.79 Å². The molecule has 3 N–H and O–H groups in total. The number of hydrogen-bond donors (Lipinski definition) is 2. The first-order valence-corrected chi connectivity index (χ1v) is 8.45. The summed E-state index contributed by atoms with van der Waals surface area (Å²) in [5.41, 5.74) is 5.44. The van der Waals surface area contributed by atoms with Crippen LogP contribution in [-0.4, -0.2) is 43.5 Å². The summed E-state index contributed by atoms with van der Waals surface area (Å²) >= 11 is 0. The molecule has 1 amide bonds. The standard InChI is InChI=1S/C16H33N3O.2ClH/c1-2-19-13-9-15(10-14-19)8-12-18-16(20)7-5-3-4-6-11-17;;/h15H,2-14,17H2,1H3,(H,18,20);2*1H. The first-order valence-electron chi connectivity index (χ1n) is 8.45. The predicted octanol–water partition coefficient (Wildman–Crippen LogP) is 2.98. The highest BCUT2D eigenvalue weighted by Crippen LogP contribution is 2.19. The van der Waals surface area contributed by atoms with E-state index in [1.54, 1.807) is 0 Å². The Morgan fingerprint density at radius 3 is 2.36 bits per heavy atom.